The lowest BCUT2D eigenvalue weighted by atomic mass is 10.1. The van der Waals surface area contributed by atoms with Crippen molar-refractivity contribution in [1.29, 1.82) is 0 Å². The van der Waals surface area contributed by atoms with E-state index in [0.29, 0.717) is 47.5 Å². The average molecular weight is 349 g/mol. The standard InChI is InChI=1S/C15H24FNO5S/c1-17(2,9-5-6-10-23(18,19)20)11-12-13(16)7-8-14(21-3)15(12)22-4/h7-8H,5-6,9-11H2,1-4H3. The highest BCUT2D eigenvalue weighted by Crippen LogP contribution is 2.34. The van der Waals surface area contributed by atoms with E-state index in [1.54, 1.807) is 0 Å². The minimum atomic E-state index is -4.18. The Kier molecular flexibility index (Phi) is 6.79. The van der Waals surface area contributed by atoms with Crippen molar-refractivity contribution < 1.29 is 31.3 Å². The maximum Gasteiger partial charge on any atom is 0.172 e. The van der Waals surface area contributed by atoms with Crippen LogP contribution in [0.2, 0.25) is 0 Å². The van der Waals surface area contributed by atoms with Crippen molar-refractivity contribution in [3.63, 3.8) is 0 Å². The van der Waals surface area contributed by atoms with E-state index in [2.05, 4.69) is 0 Å². The Bertz CT molecular complexity index is 631. The first kappa shape index (κ1) is 19.7. The molecule has 0 unspecified atom stereocenters. The van der Waals surface area contributed by atoms with Crippen molar-refractivity contribution >= 4 is 10.1 Å². The van der Waals surface area contributed by atoms with Crippen molar-refractivity contribution in [3.05, 3.63) is 23.5 Å². The van der Waals surface area contributed by atoms with Gasteiger partial charge in [-0.15, -0.1) is 0 Å². The largest absolute Gasteiger partial charge is 0.748 e. The summed E-state index contributed by atoms with van der Waals surface area (Å²) < 4.78 is 56.9. The summed E-state index contributed by atoms with van der Waals surface area (Å²) >= 11 is 0. The second-order valence-corrected chi connectivity index (χ2v) is 7.57. The van der Waals surface area contributed by atoms with Crippen LogP contribution >= 0.6 is 0 Å². The van der Waals surface area contributed by atoms with Gasteiger partial charge in [0.25, 0.3) is 0 Å². The SMILES string of the molecule is COc1ccc(F)c(C[N+](C)(C)CCCCS(=O)(=O)[O-])c1OC. The van der Waals surface area contributed by atoms with Gasteiger partial charge in [0.1, 0.15) is 12.4 Å². The van der Waals surface area contributed by atoms with Crippen molar-refractivity contribution in [2.45, 2.75) is 19.4 Å². The summed E-state index contributed by atoms with van der Waals surface area (Å²) in [4.78, 5) is 0. The monoisotopic (exact) mass is 349 g/mol. The highest BCUT2D eigenvalue weighted by Gasteiger charge is 2.23. The molecule has 8 heteroatoms. The smallest absolute Gasteiger partial charge is 0.172 e. The summed E-state index contributed by atoms with van der Waals surface area (Å²) in [7, 11) is 2.58. The zero-order chi connectivity index (χ0) is 17.7. The fourth-order valence-electron chi connectivity index (χ4n) is 2.44. The maximum absolute atomic E-state index is 14.2. The highest BCUT2D eigenvalue weighted by atomic mass is 32.2. The third-order valence-corrected chi connectivity index (χ3v) is 4.37. The van der Waals surface area contributed by atoms with Crippen LogP contribution < -0.4 is 9.47 Å². The molecule has 0 aliphatic carbocycles. The number of benzene rings is 1. The molecule has 0 radical (unpaired) electrons. The van der Waals surface area contributed by atoms with Crippen LogP contribution in [0, 0.1) is 5.82 Å². The van der Waals surface area contributed by atoms with Crippen LogP contribution in [0.4, 0.5) is 4.39 Å². The molecule has 0 aliphatic rings. The van der Waals surface area contributed by atoms with Crippen LogP contribution in [0.1, 0.15) is 18.4 Å². The van der Waals surface area contributed by atoms with Gasteiger partial charge >= 0.3 is 0 Å². The number of hydrogen-bond donors (Lipinski definition) is 0. The van der Waals surface area contributed by atoms with E-state index in [-0.39, 0.29) is 11.6 Å². The third-order valence-electron chi connectivity index (χ3n) is 3.59. The summed E-state index contributed by atoms with van der Waals surface area (Å²) in [6, 6.07) is 2.84. The Morgan fingerprint density at radius 1 is 1.17 bits per heavy atom. The second kappa shape index (κ2) is 7.94. The van der Waals surface area contributed by atoms with E-state index >= 15 is 0 Å². The lowest BCUT2D eigenvalue weighted by Crippen LogP contribution is -2.40. The molecule has 1 rings (SSSR count). The molecule has 6 nitrogen and oxygen atoms in total. The maximum atomic E-state index is 14.2. The molecule has 132 valence electrons. The predicted molar refractivity (Wildman–Crippen MR) is 84.0 cm³/mol. The van der Waals surface area contributed by atoms with E-state index < -0.39 is 10.1 Å². The fraction of sp³-hybridized carbons (Fsp3) is 0.600. The summed E-state index contributed by atoms with van der Waals surface area (Å²) in [5.41, 5.74) is 0.410. The first-order valence-corrected chi connectivity index (χ1v) is 8.82. The number of nitrogens with zero attached hydrogens (tertiary/aromatic N) is 1. The van der Waals surface area contributed by atoms with Gasteiger partial charge in [-0.05, 0) is 25.0 Å². The van der Waals surface area contributed by atoms with Gasteiger partial charge in [0.2, 0.25) is 0 Å². The number of unbranched alkanes of at least 4 members (excludes halogenated alkanes) is 1. The van der Waals surface area contributed by atoms with Crippen LogP contribution in [0.25, 0.3) is 0 Å². The number of halogens is 1. The van der Waals surface area contributed by atoms with Crippen LogP contribution in [0.3, 0.4) is 0 Å². The van der Waals surface area contributed by atoms with E-state index in [9.17, 15) is 17.4 Å². The first-order chi connectivity index (χ1) is 10.6. The molecule has 0 N–H and O–H groups in total. The van der Waals surface area contributed by atoms with E-state index in [0.717, 1.165) is 0 Å². The van der Waals surface area contributed by atoms with E-state index in [1.807, 2.05) is 14.1 Å². The van der Waals surface area contributed by atoms with Crippen molar-refractivity contribution in [1.82, 2.24) is 0 Å². The van der Waals surface area contributed by atoms with Crippen molar-refractivity contribution in [3.8, 4) is 11.5 Å². The van der Waals surface area contributed by atoms with Gasteiger partial charge in [0.15, 0.2) is 11.5 Å². The fourth-order valence-corrected chi connectivity index (χ4v) is 3.00. The van der Waals surface area contributed by atoms with E-state index in [4.69, 9.17) is 9.47 Å². The minimum Gasteiger partial charge on any atom is -0.748 e. The molecule has 1 aromatic rings. The summed E-state index contributed by atoms with van der Waals surface area (Å²) in [6.07, 6.45) is 0.855. The molecule has 23 heavy (non-hydrogen) atoms. The Morgan fingerprint density at radius 3 is 2.35 bits per heavy atom. The van der Waals surface area contributed by atoms with Gasteiger partial charge < -0.3 is 18.5 Å². The molecular formula is C15H24FNO5S. The average Bonchev–Trinajstić information content (AvgIpc) is 2.44. The molecule has 0 aromatic heterocycles. The Labute approximate surface area is 137 Å². The number of hydrogen-bond acceptors (Lipinski definition) is 5. The second-order valence-electron chi connectivity index (χ2n) is 6.05. The Balaban J connectivity index is 2.80. The quantitative estimate of drug-likeness (QED) is 0.386. The Hall–Kier alpha value is -1.38. The number of ether oxygens (including phenoxy) is 2. The third kappa shape index (κ3) is 6.32. The van der Waals surface area contributed by atoms with Gasteiger partial charge in [-0.3, -0.25) is 0 Å². The van der Waals surface area contributed by atoms with Crippen LogP contribution in [0.5, 0.6) is 11.5 Å². The molecule has 1 aromatic carbocycles. The first-order valence-electron chi connectivity index (χ1n) is 7.24. The summed E-state index contributed by atoms with van der Waals surface area (Å²) in [6.45, 7) is 0.964. The number of rotatable bonds is 9. The van der Waals surface area contributed by atoms with Gasteiger partial charge in [-0.25, -0.2) is 12.8 Å². The molecule has 0 aliphatic heterocycles. The summed E-state index contributed by atoms with van der Waals surface area (Å²) in [5.74, 6) is 0.0716. The van der Waals surface area contributed by atoms with Crippen molar-refractivity contribution in [2.24, 2.45) is 0 Å². The molecule has 0 spiro atoms. The predicted octanol–water partition coefficient (Wildman–Crippen LogP) is 1.74. The molecule has 0 atom stereocenters. The molecule has 0 saturated carbocycles. The lowest BCUT2D eigenvalue weighted by molar-refractivity contribution is -0.904. The minimum absolute atomic E-state index is 0.297. The zero-order valence-corrected chi connectivity index (χ0v) is 14.8. The number of quaternary nitrogens is 1. The normalized spacial score (nSPS) is 12.3. The number of methoxy groups -OCH3 is 2. The van der Waals surface area contributed by atoms with Crippen LogP contribution in [-0.2, 0) is 16.7 Å². The van der Waals surface area contributed by atoms with Crippen molar-refractivity contribution in [2.75, 3.05) is 40.6 Å². The van der Waals surface area contributed by atoms with Gasteiger partial charge in [0, 0.05) is 5.75 Å². The molecule has 0 fully saturated rings. The van der Waals surface area contributed by atoms with Gasteiger partial charge in [-0.2, -0.15) is 0 Å². The molecule has 0 saturated heterocycles. The zero-order valence-electron chi connectivity index (χ0n) is 14.0. The van der Waals surface area contributed by atoms with Gasteiger partial charge in [-0.1, -0.05) is 0 Å². The Morgan fingerprint density at radius 2 is 1.83 bits per heavy atom. The van der Waals surface area contributed by atoms with Gasteiger partial charge in [0.05, 0.1) is 50.5 Å². The van der Waals surface area contributed by atoms with E-state index in [1.165, 1.54) is 26.4 Å². The highest BCUT2D eigenvalue weighted by molar-refractivity contribution is 7.85. The summed E-state index contributed by atoms with van der Waals surface area (Å²) in [5, 5.41) is 0. The lowest BCUT2D eigenvalue weighted by Gasteiger charge is -2.31. The molecular weight excluding hydrogens is 325 g/mol. The van der Waals surface area contributed by atoms with Crippen LogP contribution in [0.15, 0.2) is 12.1 Å². The molecule has 0 amide bonds. The molecule has 0 heterocycles. The molecule has 0 bridgehead atoms. The van der Waals surface area contributed by atoms with Crippen LogP contribution in [-0.4, -0.2) is 58.1 Å². The topological polar surface area (TPSA) is 75.7 Å².